The van der Waals surface area contributed by atoms with Crippen molar-refractivity contribution < 1.29 is 0 Å². The third kappa shape index (κ3) is 3.85. The third-order valence-electron chi connectivity index (χ3n) is 2.29. The molecule has 0 fully saturated rings. The summed E-state index contributed by atoms with van der Waals surface area (Å²) in [5, 5.41) is 2.42. The minimum atomic E-state index is -1.86. The van der Waals surface area contributed by atoms with Gasteiger partial charge < -0.3 is 0 Å². The van der Waals surface area contributed by atoms with E-state index >= 15 is 0 Å². The number of thioether (sulfide) groups is 6. The van der Waals surface area contributed by atoms with Crippen molar-refractivity contribution in [1.29, 1.82) is 0 Å². The predicted molar refractivity (Wildman–Crippen MR) is 103 cm³/mol. The molecule has 0 radical (unpaired) electrons. The second-order valence-electron chi connectivity index (χ2n) is 4.71. The van der Waals surface area contributed by atoms with Crippen LogP contribution in [0.25, 0.3) is 0 Å². The molecule has 100 valence electrons. The first-order chi connectivity index (χ1) is 8.45. The van der Waals surface area contributed by atoms with Crippen molar-refractivity contribution in [1.82, 2.24) is 0 Å². The van der Waals surface area contributed by atoms with E-state index in [9.17, 15) is 0 Å². The molecule has 0 bridgehead atoms. The maximum atomic E-state index is 2.50. The summed E-state index contributed by atoms with van der Waals surface area (Å²) in [6, 6.07) is 0. The molecule has 2 aliphatic rings. The first kappa shape index (κ1) is 16.5. The monoisotopic (exact) mass is 460 g/mol. The Bertz CT molecular complexity index is 425. The van der Waals surface area contributed by atoms with Gasteiger partial charge in [-0.2, -0.15) is 0 Å². The van der Waals surface area contributed by atoms with Crippen LogP contribution in [0, 0.1) is 0 Å². The molecule has 0 unspecified atom stereocenters. The van der Waals surface area contributed by atoms with Crippen molar-refractivity contribution in [2.45, 2.75) is 14.8 Å². The molecule has 0 nitrogen and oxygen atoms in total. The summed E-state index contributed by atoms with van der Waals surface area (Å²) >= 11 is 9.82. The fourth-order valence-corrected chi connectivity index (χ4v) is 16.8. The van der Waals surface area contributed by atoms with Gasteiger partial charge in [0.2, 0.25) is 0 Å². The van der Waals surface area contributed by atoms with Crippen LogP contribution in [0.5, 0.6) is 0 Å². The standard InChI is InChI=1S/C8H7S6.3CH3.Sn/c1-9-5-6(10-2)14-8(13-5)7-11-3-4-12-7;;;;/h3H,1-2H3;3*1H3;. The Hall–Kier alpha value is 2.12. The van der Waals surface area contributed by atoms with E-state index in [0.717, 1.165) is 0 Å². The first-order valence-corrected chi connectivity index (χ1v) is 21.2. The molecule has 0 atom stereocenters. The van der Waals surface area contributed by atoms with Gasteiger partial charge in [0.25, 0.3) is 0 Å². The van der Waals surface area contributed by atoms with Gasteiger partial charge in [-0.05, 0) is 0 Å². The van der Waals surface area contributed by atoms with E-state index in [-0.39, 0.29) is 0 Å². The van der Waals surface area contributed by atoms with Crippen molar-refractivity contribution in [3.8, 4) is 0 Å². The van der Waals surface area contributed by atoms with E-state index in [1.54, 1.807) is 2.92 Å². The summed E-state index contributed by atoms with van der Waals surface area (Å²) in [5.41, 5.74) is 0. The van der Waals surface area contributed by atoms with Crippen molar-refractivity contribution in [2.75, 3.05) is 12.5 Å². The van der Waals surface area contributed by atoms with E-state index in [0.29, 0.717) is 0 Å². The van der Waals surface area contributed by atoms with Crippen molar-refractivity contribution in [3.63, 3.8) is 0 Å². The summed E-state index contributed by atoms with van der Waals surface area (Å²) < 4.78 is 7.66. The van der Waals surface area contributed by atoms with Gasteiger partial charge in [0.15, 0.2) is 0 Å². The van der Waals surface area contributed by atoms with E-state index in [4.69, 9.17) is 0 Å². The maximum absolute atomic E-state index is 2.50. The van der Waals surface area contributed by atoms with Gasteiger partial charge in [-0.25, -0.2) is 0 Å². The van der Waals surface area contributed by atoms with Crippen LogP contribution in [0.15, 0.2) is 25.3 Å². The van der Waals surface area contributed by atoms with Crippen LogP contribution in [0.4, 0.5) is 0 Å². The molecular weight excluding hydrogens is 443 g/mol. The molecular formula is C11H16S6Sn. The van der Waals surface area contributed by atoms with Gasteiger partial charge in [-0.15, -0.1) is 0 Å². The third-order valence-corrected chi connectivity index (χ3v) is 20.4. The Kier molecular flexibility index (Phi) is 6.34. The molecule has 0 aliphatic carbocycles. The Morgan fingerprint density at radius 2 is 1.44 bits per heavy atom. The van der Waals surface area contributed by atoms with Gasteiger partial charge in [0.05, 0.1) is 0 Å². The van der Waals surface area contributed by atoms with E-state index in [1.807, 2.05) is 58.8 Å². The van der Waals surface area contributed by atoms with Gasteiger partial charge in [0.1, 0.15) is 0 Å². The molecule has 0 N–H and O–H groups in total. The fourth-order valence-electron chi connectivity index (χ4n) is 1.28. The second kappa shape index (κ2) is 6.92. The molecule has 2 rings (SSSR count). The predicted octanol–water partition coefficient (Wildman–Crippen LogP) is 6.64. The zero-order valence-electron chi connectivity index (χ0n) is 11.0. The van der Waals surface area contributed by atoms with Gasteiger partial charge >= 0.3 is 142 Å². The summed E-state index contributed by atoms with van der Waals surface area (Å²) in [6.07, 6.45) is 4.36. The molecule has 0 aromatic rings. The van der Waals surface area contributed by atoms with Crippen LogP contribution in [0.1, 0.15) is 0 Å². The Morgan fingerprint density at radius 1 is 0.889 bits per heavy atom. The zero-order valence-corrected chi connectivity index (χ0v) is 18.8. The second-order valence-corrected chi connectivity index (χ2v) is 26.8. The Balaban J connectivity index is 2.11. The fraction of sp³-hybridized carbons (Fsp3) is 0.455. The van der Waals surface area contributed by atoms with Crippen molar-refractivity contribution in [3.05, 3.63) is 25.3 Å². The molecule has 0 amide bonds. The summed E-state index contributed by atoms with van der Waals surface area (Å²) in [6.45, 7) is 0. The average molecular weight is 459 g/mol. The van der Waals surface area contributed by atoms with Crippen LogP contribution in [-0.2, 0) is 0 Å². The van der Waals surface area contributed by atoms with Crippen LogP contribution in [-0.4, -0.2) is 30.9 Å². The summed E-state index contributed by atoms with van der Waals surface area (Å²) in [5.74, 6) is 0. The van der Waals surface area contributed by atoms with Crippen molar-refractivity contribution >= 4 is 88.9 Å². The number of hydrogen-bond acceptors (Lipinski definition) is 6. The van der Waals surface area contributed by atoms with Gasteiger partial charge in [-0.1, -0.05) is 0 Å². The van der Waals surface area contributed by atoms with E-state index in [1.165, 1.54) is 16.9 Å². The Labute approximate surface area is 140 Å². The van der Waals surface area contributed by atoms with Crippen LogP contribution in [0.2, 0.25) is 14.8 Å². The van der Waals surface area contributed by atoms with Crippen LogP contribution in [0.3, 0.4) is 0 Å². The molecule has 0 saturated carbocycles. The molecule has 2 heterocycles. The van der Waals surface area contributed by atoms with Gasteiger partial charge in [-0.3, -0.25) is 0 Å². The number of hydrogen-bond donors (Lipinski definition) is 0. The number of rotatable bonds is 3. The summed E-state index contributed by atoms with van der Waals surface area (Å²) in [4.78, 5) is 7.49. The molecule has 0 aromatic heterocycles. The van der Waals surface area contributed by atoms with E-state index < -0.39 is 18.4 Å². The van der Waals surface area contributed by atoms with Crippen LogP contribution < -0.4 is 0 Å². The van der Waals surface area contributed by atoms with Crippen molar-refractivity contribution in [2.24, 2.45) is 0 Å². The van der Waals surface area contributed by atoms with Crippen LogP contribution >= 0.6 is 70.6 Å². The average Bonchev–Trinajstić information content (AvgIpc) is 2.93. The van der Waals surface area contributed by atoms with E-state index in [2.05, 4.69) is 44.5 Å². The minimum absolute atomic E-state index is 1.48. The molecule has 0 saturated heterocycles. The normalized spacial score (nSPS) is 21.1. The molecule has 18 heavy (non-hydrogen) atoms. The van der Waals surface area contributed by atoms with Gasteiger partial charge in [0, 0.05) is 0 Å². The molecule has 0 spiro atoms. The first-order valence-electron chi connectivity index (χ1n) is 5.43. The Morgan fingerprint density at radius 3 is 1.83 bits per heavy atom. The quantitative estimate of drug-likeness (QED) is 0.431. The zero-order chi connectivity index (χ0) is 13.3. The topological polar surface area (TPSA) is 0 Å². The molecule has 2 aliphatic heterocycles. The molecule has 7 heteroatoms. The molecule has 0 aromatic carbocycles. The SMILES string of the molecule is CSC1=C(SC)SC(=C2SC=[C]([Sn]([CH3])([CH3])[CH3])S2)S1. The summed E-state index contributed by atoms with van der Waals surface area (Å²) in [7, 11) is 0.